The highest BCUT2D eigenvalue weighted by Crippen LogP contribution is 2.05. The van der Waals surface area contributed by atoms with Gasteiger partial charge in [-0.1, -0.05) is 30.3 Å². The van der Waals surface area contributed by atoms with Gasteiger partial charge in [0.25, 0.3) is 0 Å². The summed E-state index contributed by atoms with van der Waals surface area (Å²) in [6, 6.07) is 11.0. The molecule has 1 aliphatic rings. The van der Waals surface area contributed by atoms with Crippen molar-refractivity contribution in [2.24, 2.45) is 0 Å². The third kappa shape index (κ3) is 3.59. The van der Waals surface area contributed by atoms with Gasteiger partial charge in [-0.2, -0.15) is 0 Å². The van der Waals surface area contributed by atoms with Gasteiger partial charge in [-0.15, -0.1) is 0 Å². The van der Waals surface area contributed by atoms with E-state index in [0.29, 0.717) is 19.4 Å². The molecule has 1 saturated heterocycles. The van der Waals surface area contributed by atoms with E-state index < -0.39 is 0 Å². The third-order valence-electron chi connectivity index (χ3n) is 2.77. The summed E-state index contributed by atoms with van der Waals surface area (Å²) in [6.07, 6.45) is 1.27. The molecule has 1 N–H and O–H groups in total. The second kappa shape index (κ2) is 5.99. The van der Waals surface area contributed by atoms with E-state index in [-0.39, 0.29) is 6.10 Å². The van der Waals surface area contributed by atoms with Crippen LogP contribution in [-0.4, -0.2) is 32.1 Å². The summed E-state index contributed by atoms with van der Waals surface area (Å²) in [5.41, 5.74) is 1.37. The lowest BCUT2D eigenvalue weighted by atomic mass is 10.1. The number of hydrogen-bond donors (Lipinski definition) is 1. The minimum atomic E-state index is 0.221. The van der Waals surface area contributed by atoms with Crippen molar-refractivity contribution in [3.8, 4) is 0 Å². The van der Waals surface area contributed by atoms with Crippen LogP contribution in [0.5, 0.6) is 0 Å². The van der Waals surface area contributed by atoms with Crippen LogP contribution in [0, 0.1) is 0 Å². The van der Waals surface area contributed by atoms with E-state index in [0.717, 1.165) is 13.0 Å². The number of rotatable bonds is 5. The largest absolute Gasteiger partial charge is 0.353 e. The molecule has 1 fully saturated rings. The van der Waals surface area contributed by atoms with Crippen LogP contribution < -0.4 is 5.32 Å². The van der Waals surface area contributed by atoms with Crippen molar-refractivity contribution in [1.29, 1.82) is 0 Å². The minimum absolute atomic E-state index is 0.221. The molecule has 2 unspecified atom stereocenters. The molecule has 1 aliphatic heterocycles. The summed E-state index contributed by atoms with van der Waals surface area (Å²) in [4.78, 5) is 0. The molecule has 1 heterocycles. The van der Waals surface area contributed by atoms with Gasteiger partial charge in [0.2, 0.25) is 0 Å². The highest BCUT2D eigenvalue weighted by atomic mass is 16.7. The van der Waals surface area contributed by atoms with E-state index in [1.54, 1.807) is 0 Å². The van der Waals surface area contributed by atoms with E-state index in [4.69, 9.17) is 9.47 Å². The molecule has 0 saturated carbocycles. The van der Waals surface area contributed by atoms with E-state index in [1.807, 2.05) is 6.07 Å². The van der Waals surface area contributed by atoms with Crippen LogP contribution in [0.4, 0.5) is 0 Å². The molecule has 2 rings (SSSR count). The molecule has 0 spiro atoms. The Morgan fingerprint density at radius 1 is 1.38 bits per heavy atom. The fourth-order valence-electron chi connectivity index (χ4n) is 1.86. The molecule has 3 heteroatoms. The van der Waals surface area contributed by atoms with Gasteiger partial charge in [-0.05, 0) is 18.9 Å². The summed E-state index contributed by atoms with van der Waals surface area (Å²) in [5.74, 6) is 0. The Morgan fingerprint density at radius 2 is 2.19 bits per heavy atom. The third-order valence-corrected chi connectivity index (χ3v) is 2.77. The minimum Gasteiger partial charge on any atom is -0.353 e. The fraction of sp³-hybridized carbons (Fsp3) is 0.538. The van der Waals surface area contributed by atoms with Crippen molar-refractivity contribution in [2.45, 2.75) is 25.5 Å². The first-order valence-electron chi connectivity index (χ1n) is 5.81. The maximum absolute atomic E-state index is 5.37. The van der Waals surface area contributed by atoms with Gasteiger partial charge in [0.05, 0.1) is 12.7 Å². The maximum atomic E-state index is 5.37. The van der Waals surface area contributed by atoms with Gasteiger partial charge < -0.3 is 14.8 Å². The van der Waals surface area contributed by atoms with Crippen LogP contribution >= 0.6 is 0 Å². The smallest absolute Gasteiger partial charge is 0.147 e. The Kier molecular flexibility index (Phi) is 4.34. The number of hydrogen-bond acceptors (Lipinski definition) is 3. The highest BCUT2D eigenvalue weighted by molar-refractivity contribution is 5.15. The zero-order chi connectivity index (χ0) is 11.2. The zero-order valence-corrected chi connectivity index (χ0v) is 9.69. The van der Waals surface area contributed by atoms with Crippen LogP contribution in [0.15, 0.2) is 30.3 Å². The molecule has 0 bridgehead atoms. The standard InChI is InChI=1S/C13H19NO2/c1-11(7-12-5-3-2-4-6-12)14-8-13-9-15-10-16-13/h2-6,11,13-14H,7-10H2,1H3. The Bertz CT molecular complexity index is 296. The average Bonchev–Trinajstić information content (AvgIpc) is 2.81. The molecule has 2 atom stereocenters. The predicted molar refractivity (Wildman–Crippen MR) is 63.3 cm³/mol. The Hall–Kier alpha value is -0.900. The monoisotopic (exact) mass is 221 g/mol. The van der Waals surface area contributed by atoms with Crippen molar-refractivity contribution in [1.82, 2.24) is 5.32 Å². The molecule has 0 aliphatic carbocycles. The molecule has 0 amide bonds. The van der Waals surface area contributed by atoms with Crippen LogP contribution in [0.1, 0.15) is 12.5 Å². The Morgan fingerprint density at radius 3 is 2.88 bits per heavy atom. The van der Waals surface area contributed by atoms with E-state index in [1.165, 1.54) is 5.56 Å². The zero-order valence-electron chi connectivity index (χ0n) is 9.69. The molecule has 1 aromatic carbocycles. The van der Waals surface area contributed by atoms with Gasteiger partial charge in [-0.25, -0.2) is 0 Å². The SMILES string of the molecule is CC(Cc1ccccc1)NCC1COCO1. The Balaban J connectivity index is 1.69. The number of nitrogens with one attached hydrogen (secondary N) is 1. The van der Waals surface area contributed by atoms with Crippen molar-refractivity contribution >= 4 is 0 Å². The first-order valence-corrected chi connectivity index (χ1v) is 5.81. The number of benzene rings is 1. The molecule has 0 radical (unpaired) electrons. The second-order valence-electron chi connectivity index (χ2n) is 4.28. The average molecular weight is 221 g/mol. The lowest BCUT2D eigenvalue weighted by molar-refractivity contribution is 0.0463. The second-order valence-corrected chi connectivity index (χ2v) is 4.28. The quantitative estimate of drug-likeness (QED) is 0.819. The summed E-state index contributed by atoms with van der Waals surface area (Å²) in [5, 5.41) is 3.47. The molecule has 1 aromatic rings. The van der Waals surface area contributed by atoms with E-state index >= 15 is 0 Å². The summed E-state index contributed by atoms with van der Waals surface area (Å²) in [6.45, 7) is 4.22. The van der Waals surface area contributed by atoms with Gasteiger partial charge in [0.15, 0.2) is 0 Å². The topological polar surface area (TPSA) is 30.5 Å². The molecular formula is C13H19NO2. The maximum Gasteiger partial charge on any atom is 0.147 e. The predicted octanol–water partition coefficient (Wildman–Crippen LogP) is 1.58. The van der Waals surface area contributed by atoms with Gasteiger partial charge in [-0.3, -0.25) is 0 Å². The summed E-state index contributed by atoms with van der Waals surface area (Å²) >= 11 is 0. The van der Waals surface area contributed by atoms with Crippen LogP contribution in [-0.2, 0) is 15.9 Å². The van der Waals surface area contributed by atoms with Gasteiger partial charge in [0, 0.05) is 12.6 Å². The van der Waals surface area contributed by atoms with E-state index in [9.17, 15) is 0 Å². The van der Waals surface area contributed by atoms with E-state index in [2.05, 4.69) is 36.5 Å². The first-order chi connectivity index (χ1) is 7.84. The fourth-order valence-corrected chi connectivity index (χ4v) is 1.86. The molecule has 16 heavy (non-hydrogen) atoms. The molecule has 88 valence electrons. The number of ether oxygens (including phenoxy) is 2. The van der Waals surface area contributed by atoms with Crippen molar-refractivity contribution in [3.63, 3.8) is 0 Å². The van der Waals surface area contributed by atoms with Crippen LogP contribution in [0.2, 0.25) is 0 Å². The molecule has 0 aromatic heterocycles. The first kappa shape index (κ1) is 11.6. The van der Waals surface area contributed by atoms with Crippen LogP contribution in [0.3, 0.4) is 0 Å². The van der Waals surface area contributed by atoms with Crippen molar-refractivity contribution in [2.75, 3.05) is 19.9 Å². The lowest BCUT2D eigenvalue weighted by Crippen LogP contribution is -2.35. The summed E-state index contributed by atoms with van der Waals surface area (Å²) in [7, 11) is 0. The lowest BCUT2D eigenvalue weighted by Gasteiger charge is -2.16. The normalized spacial score (nSPS) is 22.2. The van der Waals surface area contributed by atoms with Crippen molar-refractivity contribution in [3.05, 3.63) is 35.9 Å². The molecular weight excluding hydrogens is 202 g/mol. The van der Waals surface area contributed by atoms with Crippen molar-refractivity contribution < 1.29 is 9.47 Å². The molecule has 3 nitrogen and oxygen atoms in total. The van der Waals surface area contributed by atoms with Gasteiger partial charge >= 0.3 is 0 Å². The summed E-state index contributed by atoms with van der Waals surface area (Å²) < 4.78 is 10.5. The highest BCUT2D eigenvalue weighted by Gasteiger charge is 2.16. The van der Waals surface area contributed by atoms with Crippen LogP contribution in [0.25, 0.3) is 0 Å². The van der Waals surface area contributed by atoms with Gasteiger partial charge in [0.1, 0.15) is 6.79 Å². The Labute approximate surface area is 96.8 Å².